The van der Waals surface area contributed by atoms with E-state index in [1.54, 1.807) is 0 Å². The van der Waals surface area contributed by atoms with Gasteiger partial charge in [-0.2, -0.15) is 0 Å². The topological polar surface area (TPSA) is 35.7 Å². The summed E-state index contributed by atoms with van der Waals surface area (Å²) in [5, 5.41) is 0. The minimum Gasteiger partial charge on any atom is -0.329 e. The van der Waals surface area contributed by atoms with Gasteiger partial charge in [-0.25, -0.2) is 0 Å². The molecule has 0 atom stereocenters. The maximum Gasteiger partial charge on any atom is 0.0357 e. The Morgan fingerprint density at radius 3 is 2.18 bits per heavy atom. The van der Waals surface area contributed by atoms with E-state index in [-0.39, 0.29) is 5.54 Å². The largest absolute Gasteiger partial charge is 0.329 e. The number of hydrogen-bond donors (Lipinski definition) is 1. The lowest BCUT2D eigenvalue weighted by Gasteiger charge is -2.50. The Labute approximate surface area is 134 Å². The molecule has 0 aliphatic carbocycles. The average molecular weight is 302 g/mol. The lowest BCUT2D eigenvalue weighted by atomic mass is 9.85. The van der Waals surface area contributed by atoms with Crippen LogP contribution in [0.4, 0.5) is 0 Å². The van der Waals surface area contributed by atoms with Crippen LogP contribution in [-0.2, 0) is 6.54 Å². The number of rotatable bonds is 4. The standard InChI is InChI=1S/C18H30N4/c1-20-9-7-18(16-19,8-10-20)22-13-11-21(12-14-22)15-17-5-3-2-4-6-17/h2-6H,7-16,19H2,1H3. The second-order valence-corrected chi connectivity index (χ2v) is 6.98. The predicted octanol–water partition coefficient (Wildman–Crippen LogP) is 1.23. The van der Waals surface area contributed by atoms with Crippen molar-refractivity contribution in [3.05, 3.63) is 35.9 Å². The highest BCUT2D eigenvalue weighted by atomic mass is 15.3. The van der Waals surface area contributed by atoms with Gasteiger partial charge in [0, 0.05) is 44.8 Å². The molecule has 0 unspecified atom stereocenters. The third kappa shape index (κ3) is 3.51. The minimum atomic E-state index is 0.255. The number of piperidine rings is 1. The molecular formula is C18H30N4. The second kappa shape index (κ2) is 7.09. The minimum absolute atomic E-state index is 0.255. The van der Waals surface area contributed by atoms with E-state index in [1.807, 2.05) is 0 Å². The van der Waals surface area contributed by atoms with Crippen molar-refractivity contribution in [1.29, 1.82) is 0 Å². The molecule has 4 nitrogen and oxygen atoms in total. The fraction of sp³-hybridized carbons (Fsp3) is 0.667. The van der Waals surface area contributed by atoms with E-state index in [0.29, 0.717) is 0 Å². The summed E-state index contributed by atoms with van der Waals surface area (Å²) in [6.45, 7) is 8.88. The van der Waals surface area contributed by atoms with Crippen molar-refractivity contribution in [2.45, 2.75) is 24.9 Å². The third-order valence-corrected chi connectivity index (χ3v) is 5.59. The fourth-order valence-corrected chi connectivity index (χ4v) is 3.91. The number of nitrogens with two attached hydrogens (primary N) is 1. The molecule has 122 valence electrons. The highest BCUT2D eigenvalue weighted by Crippen LogP contribution is 2.28. The van der Waals surface area contributed by atoms with Crippen LogP contribution < -0.4 is 5.73 Å². The Bertz CT molecular complexity index is 445. The zero-order chi connectivity index (χ0) is 15.4. The smallest absolute Gasteiger partial charge is 0.0357 e. The monoisotopic (exact) mass is 302 g/mol. The summed E-state index contributed by atoms with van der Waals surface area (Å²) >= 11 is 0. The third-order valence-electron chi connectivity index (χ3n) is 5.59. The number of likely N-dealkylation sites (tertiary alicyclic amines) is 1. The maximum atomic E-state index is 6.20. The van der Waals surface area contributed by atoms with Gasteiger partial charge in [0.15, 0.2) is 0 Å². The highest BCUT2D eigenvalue weighted by Gasteiger charge is 2.39. The lowest BCUT2D eigenvalue weighted by molar-refractivity contribution is -0.00288. The molecule has 0 amide bonds. The molecule has 1 aromatic rings. The van der Waals surface area contributed by atoms with Crippen molar-refractivity contribution in [2.75, 3.05) is 52.9 Å². The highest BCUT2D eigenvalue weighted by molar-refractivity contribution is 5.14. The Hall–Kier alpha value is -0.940. The first kappa shape index (κ1) is 15.9. The number of benzene rings is 1. The lowest BCUT2D eigenvalue weighted by Crippen LogP contribution is -2.63. The summed E-state index contributed by atoms with van der Waals surface area (Å²) in [7, 11) is 2.22. The predicted molar refractivity (Wildman–Crippen MR) is 91.8 cm³/mol. The van der Waals surface area contributed by atoms with Crippen molar-refractivity contribution in [3.63, 3.8) is 0 Å². The molecule has 0 bridgehead atoms. The van der Waals surface area contributed by atoms with Crippen molar-refractivity contribution in [2.24, 2.45) is 5.73 Å². The van der Waals surface area contributed by atoms with Gasteiger partial charge in [0.05, 0.1) is 0 Å². The van der Waals surface area contributed by atoms with Crippen LogP contribution in [0, 0.1) is 0 Å². The molecule has 22 heavy (non-hydrogen) atoms. The van der Waals surface area contributed by atoms with Crippen LogP contribution >= 0.6 is 0 Å². The van der Waals surface area contributed by atoms with Gasteiger partial charge in [0.25, 0.3) is 0 Å². The molecule has 0 radical (unpaired) electrons. The molecule has 2 heterocycles. The van der Waals surface area contributed by atoms with E-state index >= 15 is 0 Å². The quantitative estimate of drug-likeness (QED) is 0.907. The van der Waals surface area contributed by atoms with Crippen molar-refractivity contribution < 1.29 is 0 Å². The van der Waals surface area contributed by atoms with Crippen molar-refractivity contribution in [1.82, 2.24) is 14.7 Å². The SMILES string of the molecule is CN1CCC(CN)(N2CCN(Cc3ccccc3)CC2)CC1. The van der Waals surface area contributed by atoms with Gasteiger partial charge < -0.3 is 10.6 Å². The zero-order valence-corrected chi connectivity index (χ0v) is 13.9. The Kier molecular flexibility index (Phi) is 5.14. The van der Waals surface area contributed by atoms with E-state index < -0.39 is 0 Å². The summed E-state index contributed by atoms with van der Waals surface area (Å²) in [6.07, 6.45) is 2.44. The molecular weight excluding hydrogens is 272 g/mol. The zero-order valence-electron chi connectivity index (χ0n) is 13.9. The number of piperazine rings is 1. The van der Waals surface area contributed by atoms with Gasteiger partial charge in [0.2, 0.25) is 0 Å². The number of hydrogen-bond acceptors (Lipinski definition) is 4. The fourth-order valence-electron chi connectivity index (χ4n) is 3.91. The van der Waals surface area contributed by atoms with E-state index in [4.69, 9.17) is 5.73 Å². The van der Waals surface area contributed by atoms with Gasteiger partial charge in [0.1, 0.15) is 0 Å². The average Bonchev–Trinajstić information content (AvgIpc) is 2.58. The molecule has 4 heteroatoms. The molecule has 0 spiro atoms. The van der Waals surface area contributed by atoms with Crippen LogP contribution in [0.15, 0.2) is 30.3 Å². The van der Waals surface area contributed by atoms with Crippen LogP contribution in [0.3, 0.4) is 0 Å². The van der Waals surface area contributed by atoms with Crippen LogP contribution in [-0.4, -0.2) is 73.1 Å². The summed E-state index contributed by atoms with van der Waals surface area (Å²) in [5.74, 6) is 0. The van der Waals surface area contributed by atoms with E-state index in [0.717, 1.165) is 39.3 Å². The van der Waals surface area contributed by atoms with Crippen LogP contribution in [0.5, 0.6) is 0 Å². The number of nitrogens with zero attached hydrogens (tertiary/aromatic N) is 3. The molecule has 0 saturated carbocycles. The van der Waals surface area contributed by atoms with E-state index in [2.05, 4.69) is 52.1 Å². The molecule has 0 aromatic heterocycles. The first-order valence-corrected chi connectivity index (χ1v) is 8.62. The molecule has 2 saturated heterocycles. The summed E-state index contributed by atoms with van der Waals surface area (Å²) < 4.78 is 0. The van der Waals surface area contributed by atoms with Gasteiger partial charge in [-0.1, -0.05) is 30.3 Å². The van der Waals surface area contributed by atoms with Crippen molar-refractivity contribution in [3.8, 4) is 0 Å². The molecule has 3 rings (SSSR count). The normalized spacial score (nSPS) is 24.5. The summed E-state index contributed by atoms with van der Waals surface area (Å²) in [4.78, 5) is 7.69. The first-order valence-electron chi connectivity index (χ1n) is 8.62. The molecule has 2 N–H and O–H groups in total. The van der Waals surface area contributed by atoms with Gasteiger partial charge in [-0.3, -0.25) is 9.80 Å². The van der Waals surface area contributed by atoms with E-state index in [1.165, 1.54) is 31.5 Å². The van der Waals surface area contributed by atoms with Crippen molar-refractivity contribution >= 4 is 0 Å². The molecule has 1 aromatic carbocycles. The molecule has 2 fully saturated rings. The van der Waals surface area contributed by atoms with Gasteiger partial charge >= 0.3 is 0 Å². The maximum absolute atomic E-state index is 6.20. The van der Waals surface area contributed by atoms with Crippen LogP contribution in [0.25, 0.3) is 0 Å². The second-order valence-electron chi connectivity index (χ2n) is 6.98. The van der Waals surface area contributed by atoms with Gasteiger partial charge in [-0.15, -0.1) is 0 Å². The molecule has 2 aliphatic heterocycles. The van der Waals surface area contributed by atoms with Crippen LogP contribution in [0.2, 0.25) is 0 Å². The Balaban J connectivity index is 1.54. The van der Waals surface area contributed by atoms with E-state index in [9.17, 15) is 0 Å². The summed E-state index contributed by atoms with van der Waals surface area (Å²) in [5.41, 5.74) is 7.87. The van der Waals surface area contributed by atoms with Gasteiger partial charge in [-0.05, 0) is 38.5 Å². The Morgan fingerprint density at radius 2 is 1.59 bits per heavy atom. The summed E-state index contributed by atoms with van der Waals surface area (Å²) in [6, 6.07) is 10.8. The Morgan fingerprint density at radius 1 is 0.955 bits per heavy atom. The van der Waals surface area contributed by atoms with Crippen LogP contribution in [0.1, 0.15) is 18.4 Å². The first-order chi connectivity index (χ1) is 10.7. The molecule has 2 aliphatic rings.